The molecule has 1 aromatic heterocycles. The zero-order valence-corrected chi connectivity index (χ0v) is 6.83. The van der Waals surface area contributed by atoms with Crippen LogP contribution in [0.4, 0.5) is 5.82 Å². The maximum absolute atomic E-state index is 10.2. The van der Waals surface area contributed by atoms with Crippen LogP contribution in [0.2, 0.25) is 0 Å². The Bertz CT molecular complexity index is 298. The molecule has 1 atom stereocenters. The number of aromatic nitrogens is 2. The molecule has 72 valence electrons. The SMILES string of the molecule is NCC(O)Cn1cnc([N+](=O)[O-])c1. The van der Waals surface area contributed by atoms with Crippen molar-refractivity contribution >= 4 is 5.82 Å². The van der Waals surface area contributed by atoms with Crippen molar-refractivity contribution in [1.82, 2.24) is 9.55 Å². The molecule has 7 nitrogen and oxygen atoms in total. The zero-order valence-electron chi connectivity index (χ0n) is 6.83. The molecule has 0 fully saturated rings. The van der Waals surface area contributed by atoms with E-state index in [1.54, 1.807) is 0 Å². The topological polar surface area (TPSA) is 107 Å². The Morgan fingerprint density at radius 2 is 2.54 bits per heavy atom. The minimum atomic E-state index is -0.700. The summed E-state index contributed by atoms with van der Waals surface area (Å²) in [5.41, 5.74) is 5.17. The molecule has 0 aliphatic rings. The summed E-state index contributed by atoms with van der Waals surface area (Å²) < 4.78 is 1.43. The largest absolute Gasteiger partial charge is 0.390 e. The first-order valence-electron chi connectivity index (χ1n) is 3.67. The van der Waals surface area contributed by atoms with E-state index in [-0.39, 0.29) is 18.9 Å². The summed E-state index contributed by atoms with van der Waals surface area (Å²) in [5, 5.41) is 19.3. The molecule has 1 unspecified atom stereocenters. The third kappa shape index (κ3) is 2.49. The second kappa shape index (κ2) is 3.97. The first-order valence-corrected chi connectivity index (χ1v) is 3.67. The first-order chi connectivity index (χ1) is 6.13. The smallest absolute Gasteiger partial charge is 0.381 e. The number of nitrogens with two attached hydrogens (primary N) is 1. The van der Waals surface area contributed by atoms with E-state index in [1.165, 1.54) is 17.1 Å². The van der Waals surface area contributed by atoms with E-state index in [2.05, 4.69) is 4.98 Å². The molecule has 13 heavy (non-hydrogen) atoms. The van der Waals surface area contributed by atoms with Crippen LogP contribution >= 0.6 is 0 Å². The van der Waals surface area contributed by atoms with Crippen LogP contribution in [0.5, 0.6) is 0 Å². The fourth-order valence-corrected chi connectivity index (χ4v) is 0.860. The number of nitrogens with zero attached hydrogens (tertiary/aromatic N) is 3. The number of aliphatic hydroxyl groups is 1. The molecule has 0 spiro atoms. The van der Waals surface area contributed by atoms with Gasteiger partial charge in [-0.3, -0.25) is 0 Å². The first kappa shape index (κ1) is 9.62. The normalized spacial score (nSPS) is 12.8. The van der Waals surface area contributed by atoms with Gasteiger partial charge in [-0.25, -0.2) is 0 Å². The van der Waals surface area contributed by atoms with E-state index < -0.39 is 11.0 Å². The summed E-state index contributed by atoms with van der Waals surface area (Å²) in [5.74, 6) is -0.232. The van der Waals surface area contributed by atoms with Crippen LogP contribution in [0.15, 0.2) is 12.5 Å². The maximum Gasteiger partial charge on any atom is 0.381 e. The predicted molar refractivity (Wildman–Crippen MR) is 43.9 cm³/mol. The molecule has 3 N–H and O–H groups in total. The van der Waals surface area contributed by atoms with Crippen molar-refractivity contribution in [3.05, 3.63) is 22.6 Å². The second-order valence-electron chi connectivity index (χ2n) is 2.58. The van der Waals surface area contributed by atoms with Gasteiger partial charge in [0.25, 0.3) is 0 Å². The van der Waals surface area contributed by atoms with E-state index in [0.717, 1.165) is 0 Å². The van der Waals surface area contributed by atoms with Crippen LogP contribution in [-0.4, -0.2) is 32.2 Å². The molecule has 0 aromatic carbocycles. The van der Waals surface area contributed by atoms with Gasteiger partial charge in [0.1, 0.15) is 6.20 Å². The van der Waals surface area contributed by atoms with Gasteiger partial charge in [0.15, 0.2) is 0 Å². The summed E-state index contributed by atoms with van der Waals surface area (Å²) in [6.45, 7) is 0.337. The van der Waals surface area contributed by atoms with Gasteiger partial charge < -0.3 is 25.5 Å². The standard InChI is InChI=1S/C6H10N4O3/c7-1-5(11)2-9-3-6(8-4-9)10(12)13/h3-5,11H,1-2,7H2. The highest BCUT2D eigenvalue weighted by atomic mass is 16.6. The zero-order chi connectivity index (χ0) is 9.84. The van der Waals surface area contributed by atoms with E-state index >= 15 is 0 Å². The molecule has 1 aromatic rings. The number of hydrogen-bond donors (Lipinski definition) is 2. The minimum absolute atomic E-state index is 0.117. The summed E-state index contributed by atoms with van der Waals surface area (Å²) in [6, 6.07) is 0. The van der Waals surface area contributed by atoms with Gasteiger partial charge in [0.05, 0.1) is 12.6 Å². The number of imidazole rings is 1. The molecule has 0 aliphatic carbocycles. The minimum Gasteiger partial charge on any atom is -0.390 e. The van der Waals surface area contributed by atoms with Crippen molar-refractivity contribution in [2.24, 2.45) is 5.73 Å². The molecule has 0 saturated heterocycles. The summed E-state index contributed by atoms with van der Waals surface area (Å²) >= 11 is 0. The van der Waals surface area contributed by atoms with Crippen LogP contribution in [0.25, 0.3) is 0 Å². The third-order valence-corrected chi connectivity index (χ3v) is 1.50. The lowest BCUT2D eigenvalue weighted by atomic mass is 10.3. The lowest BCUT2D eigenvalue weighted by Gasteiger charge is -2.05. The van der Waals surface area contributed by atoms with Gasteiger partial charge in [-0.05, 0) is 9.91 Å². The quantitative estimate of drug-likeness (QED) is 0.468. The van der Waals surface area contributed by atoms with Crippen molar-refractivity contribution in [3.8, 4) is 0 Å². The van der Waals surface area contributed by atoms with Crippen LogP contribution in [0.1, 0.15) is 0 Å². The van der Waals surface area contributed by atoms with Crippen molar-refractivity contribution in [2.45, 2.75) is 12.6 Å². The fraction of sp³-hybridized carbons (Fsp3) is 0.500. The molecule has 0 aliphatic heterocycles. The third-order valence-electron chi connectivity index (χ3n) is 1.50. The Labute approximate surface area is 74.0 Å². The Balaban J connectivity index is 2.64. The van der Waals surface area contributed by atoms with Crippen molar-refractivity contribution in [2.75, 3.05) is 6.54 Å². The van der Waals surface area contributed by atoms with E-state index in [4.69, 9.17) is 10.8 Å². The van der Waals surface area contributed by atoms with Crippen molar-refractivity contribution < 1.29 is 10.0 Å². The number of nitro groups is 1. The van der Waals surface area contributed by atoms with Crippen molar-refractivity contribution in [3.63, 3.8) is 0 Å². The maximum atomic E-state index is 10.2. The van der Waals surface area contributed by atoms with Gasteiger partial charge in [-0.1, -0.05) is 0 Å². The lowest BCUT2D eigenvalue weighted by Crippen LogP contribution is -2.24. The number of hydrogen-bond acceptors (Lipinski definition) is 5. The van der Waals surface area contributed by atoms with Crippen LogP contribution in [-0.2, 0) is 6.54 Å². The fourth-order valence-electron chi connectivity index (χ4n) is 0.860. The molecular formula is C6H10N4O3. The highest BCUT2D eigenvalue weighted by Crippen LogP contribution is 2.05. The Hall–Kier alpha value is -1.47. The van der Waals surface area contributed by atoms with Gasteiger partial charge in [0.2, 0.25) is 6.33 Å². The number of rotatable bonds is 4. The van der Waals surface area contributed by atoms with Gasteiger partial charge >= 0.3 is 5.82 Å². The Kier molecular flexibility index (Phi) is 2.93. The van der Waals surface area contributed by atoms with Gasteiger partial charge in [0, 0.05) is 6.54 Å². The average Bonchev–Trinajstić information content (AvgIpc) is 2.52. The van der Waals surface area contributed by atoms with Crippen LogP contribution in [0.3, 0.4) is 0 Å². The Morgan fingerprint density at radius 3 is 3.00 bits per heavy atom. The molecule has 1 heterocycles. The lowest BCUT2D eigenvalue weighted by molar-refractivity contribution is -0.389. The highest BCUT2D eigenvalue weighted by molar-refractivity contribution is 5.12. The summed E-state index contributed by atoms with van der Waals surface area (Å²) in [4.78, 5) is 13.1. The molecular weight excluding hydrogens is 176 g/mol. The summed E-state index contributed by atoms with van der Waals surface area (Å²) in [6.07, 6.45) is 1.84. The van der Waals surface area contributed by atoms with E-state index in [0.29, 0.717) is 0 Å². The van der Waals surface area contributed by atoms with E-state index in [1.807, 2.05) is 0 Å². The summed E-state index contributed by atoms with van der Waals surface area (Å²) in [7, 11) is 0. The van der Waals surface area contributed by atoms with Crippen LogP contribution < -0.4 is 5.73 Å². The van der Waals surface area contributed by atoms with Gasteiger partial charge in [-0.2, -0.15) is 0 Å². The molecule has 0 bridgehead atoms. The molecule has 0 radical (unpaired) electrons. The van der Waals surface area contributed by atoms with E-state index in [9.17, 15) is 10.1 Å². The molecule has 7 heteroatoms. The van der Waals surface area contributed by atoms with Crippen molar-refractivity contribution in [1.29, 1.82) is 0 Å². The molecule has 0 amide bonds. The Morgan fingerprint density at radius 1 is 1.85 bits per heavy atom. The van der Waals surface area contributed by atoms with Crippen LogP contribution in [0, 0.1) is 10.1 Å². The molecule has 1 rings (SSSR count). The van der Waals surface area contributed by atoms with Gasteiger partial charge in [-0.15, -0.1) is 0 Å². The monoisotopic (exact) mass is 186 g/mol. The highest BCUT2D eigenvalue weighted by Gasteiger charge is 2.11. The average molecular weight is 186 g/mol. The number of aliphatic hydroxyl groups excluding tert-OH is 1. The predicted octanol–water partition coefficient (Wildman–Crippen LogP) is -0.889. The second-order valence-corrected chi connectivity index (χ2v) is 2.58. The molecule has 0 saturated carbocycles.